The van der Waals surface area contributed by atoms with E-state index in [1.807, 2.05) is 17.9 Å². The maximum absolute atomic E-state index is 10.6. The third-order valence-electron chi connectivity index (χ3n) is 3.94. The van der Waals surface area contributed by atoms with Gasteiger partial charge >= 0.3 is 24.3 Å². The number of likely N-dealkylation sites (tertiary alicyclic amines) is 1. The van der Waals surface area contributed by atoms with Crippen molar-refractivity contribution in [2.75, 3.05) is 33.2 Å². The number of halogens is 6. The molecule has 14 heteroatoms. The molecular formula is C17H26F6N4O4. The molecule has 0 aromatic carbocycles. The Labute approximate surface area is 175 Å². The van der Waals surface area contributed by atoms with Crippen molar-refractivity contribution >= 4 is 11.9 Å². The number of aromatic nitrogens is 2. The van der Waals surface area contributed by atoms with E-state index in [0.29, 0.717) is 0 Å². The fourth-order valence-electron chi connectivity index (χ4n) is 2.44. The second-order valence-electron chi connectivity index (χ2n) is 6.77. The molecule has 1 fully saturated rings. The highest BCUT2D eigenvalue weighted by molar-refractivity contribution is 5.73. The average molecular weight is 464 g/mol. The highest BCUT2D eigenvalue weighted by atomic mass is 19.4. The van der Waals surface area contributed by atoms with Gasteiger partial charge in [-0.3, -0.25) is 4.68 Å². The van der Waals surface area contributed by atoms with Gasteiger partial charge in [-0.25, -0.2) is 9.59 Å². The van der Waals surface area contributed by atoms with Crippen molar-refractivity contribution in [1.82, 2.24) is 19.6 Å². The van der Waals surface area contributed by atoms with Crippen LogP contribution in [0, 0.1) is 0 Å². The lowest BCUT2D eigenvalue weighted by Gasteiger charge is -2.28. The third kappa shape index (κ3) is 14.3. The first-order valence-corrected chi connectivity index (χ1v) is 9.11. The average Bonchev–Trinajstić information content (AvgIpc) is 3.05. The second-order valence-corrected chi connectivity index (χ2v) is 6.77. The van der Waals surface area contributed by atoms with Crippen LogP contribution in [0.4, 0.5) is 26.3 Å². The number of alkyl halides is 6. The standard InChI is InChI=1S/C13H24N4.2C2HF3O2/c1-15(11-13-10-14-16(2)12-13)8-9-17-6-4-3-5-7-17;2*3-2(4,5)1(6)7/h10,12H,3-9,11H2,1-2H3;2*(H,6,7). The lowest BCUT2D eigenvalue weighted by Crippen LogP contribution is -2.36. The number of aliphatic carboxylic acids is 2. The van der Waals surface area contributed by atoms with E-state index in [1.54, 1.807) is 0 Å². The summed E-state index contributed by atoms with van der Waals surface area (Å²) in [6, 6.07) is 0. The van der Waals surface area contributed by atoms with Crippen molar-refractivity contribution in [1.29, 1.82) is 0 Å². The number of piperidine rings is 1. The molecule has 0 spiro atoms. The number of hydrogen-bond acceptors (Lipinski definition) is 5. The summed E-state index contributed by atoms with van der Waals surface area (Å²) in [4.78, 5) is 22.8. The molecule has 1 aromatic rings. The number of nitrogens with zero attached hydrogens (tertiary/aromatic N) is 4. The van der Waals surface area contributed by atoms with Crippen LogP contribution in [0.3, 0.4) is 0 Å². The topological polar surface area (TPSA) is 98.9 Å². The highest BCUT2D eigenvalue weighted by Crippen LogP contribution is 2.13. The molecule has 0 bridgehead atoms. The molecular weight excluding hydrogens is 438 g/mol. The quantitative estimate of drug-likeness (QED) is 0.647. The number of hydrogen-bond donors (Lipinski definition) is 2. The molecule has 0 aliphatic carbocycles. The van der Waals surface area contributed by atoms with E-state index in [9.17, 15) is 26.3 Å². The molecule has 180 valence electrons. The van der Waals surface area contributed by atoms with Gasteiger partial charge in [-0.15, -0.1) is 0 Å². The van der Waals surface area contributed by atoms with Crippen LogP contribution in [0.25, 0.3) is 0 Å². The number of rotatable bonds is 5. The Morgan fingerprint density at radius 2 is 1.48 bits per heavy atom. The Kier molecular flexibility index (Phi) is 12.1. The maximum atomic E-state index is 10.6. The van der Waals surface area contributed by atoms with Gasteiger partial charge in [0, 0.05) is 38.4 Å². The van der Waals surface area contributed by atoms with Crippen LogP contribution in [-0.4, -0.2) is 87.3 Å². The summed E-state index contributed by atoms with van der Waals surface area (Å²) in [5.74, 6) is -5.51. The van der Waals surface area contributed by atoms with Gasteiger partial charge in [0.05, 0.1) is 6.20 Å². The van der Waals surface area contributed by atoms with Crippen LogP contribution in [0.1, 0.15) is 24.8 Å². The van der Waals surface area contributed by atoms with Crippen molar-refractivity contribution in [3.05, 3.63) is 18.0 Å². The molecule has 2 rings (SSSR count). The SMILES string of the molecule is CN(CCN1CCCCC1)Cc1cnn(C)c1.O=C(O)C(F)(F)F.O=C(O)C(F)(F)F. The molecule has 0 saturated carbocycles. The second kappa shape index (κ2) is 13.1. The molecule has 31 heavy (non-hydrogen) atoms. The van der Waals surface area contributed by atoms with E-state index in [1.165, 1.54) is 44.5 Å². The zero-order valence-electron chi connectivity index (χ0n) is 17.1. The van der Waals surface area contributed by atoms with Gasteiger partial charge in [0.1, 0.15) is 0 Å². The summed E-state index contributed by atoms with van der Waals surface area (Å²) in [6.45, 7) is 5.94. The molecule has 1 aromatic heterocycles. The van der Waals surface area contributed by atoms with Crippen LogP contribution in [-0.2, 0) is 23.2 Å². The Morgan fingerprint density at radius 3 is 1.84 bits per heavy atom. The molecule has 0 atom stereocenters. The van der Waals surface area contributed by atoms with Crippen molar-refractivity contribution in [3.63, 3.8) is 0 Å². The van der Waals surface area contributed by atoms with Gasteiger partial charge in [0.15, 0.2) is 0 Å². The lowest BCUT2D eigenvalue weighted by molar-refractivity contribution is -0.193. The zero-order chi connectivity index (χ0) is 24.2. The van der Waals surface area contributed by atoms with Crippen molar-refractivity contribution in [2.45, 2.75) is 38.2 Å². The first-order valence-electron chi connectivity index (χ1n) is 9.11. The number of carboxylic acids is 2. The molecule has 1 saturated heterocycles. The number of carboxylic acid groups (broad SMARTS) is 2. The molecule has 8 nitrogen and oxygen atoms in total. The minimum Gasteiger partial charge on any atom is -0.475 e. The monoisotopic (exact) mass is 464 g/mol. The van der Waals surface area contributed by atoms with Gasteiger partial charge in [-0.05, 0) is 33.0 Å². The molecule has 2 N–H and O–H groups in total. The minimum atomic E-state index is -5.08. The Balaban J connectivity index is 0.000000536. The summed E-state index contributed by atoms with van der Waals surface area (Å²) in [6.07, 6.45) is -1.94. The van der Waals surface area contributed by atoms with Crippen LogP contribution in [0.2, 0.25) is 0 Å². The summed E-state index contributed by atoms with van der Waals surface area (Å²) in [5.41, 5.74) is 1.30. The normalized spacial score (nSPS) is 14.9. The fourth-order valence-corrected chi connectivity index (χ4v) is 2.44. The Hall–Kier alpha value is -2.35. The lowest BCUT2D eigenvalue weighted by atomic mass is 10.1. The van der Waals surface area contributed by atoms with Gasteiger partial charge in [0.25, 0.3) is 0 Å². The molecule has 0 amide bonds. The largest absolute Gasteiger partial charge is 0.490 e. The number of likely N-dealkylation sites (N-methyl/N-ethyl adjacent to an activating group) is 1. The number of aryl methyl sites for hydroxylation is 1. The summed E-state index contributed by atoms with van der Waals surface area (Å²) in [7, 11) is 4.16. The van der Waals surface area contributed by atoms with Crippen LogP contribution < -0.4 is 0 Å². The highest BCUT2D eigenvalue weighted by Gasteiger charge is 2.38. The molecule has 1 aliphatic rings. The Bertz CT molecular complexity index is 648. The first-order chi connectivity index (χ1) is 14.1. The van der Waals surface area contributed by atoms with E-state index in [4.69, 9.17) is 19.8 Å². The van der Waals surface area contributed by atoms with E-state index in [-0.39, 0.29) is 0 Å². The van der Waals surface area contributed by atoms with Crippen molar-refractivity contribution in [2.24, 2.45) is 7.05 Å². The summed E-state index contributed by atoms with van der Waals surface area (Å²) >= 11 is 0. The van der Waals surface area contributed by atoms with Gasteiger partial charge in [0.2, 0.25) is 0 Å². The van der Waals surface area contributed by atoms with Crippen molar-refractivity contribution < 1.29 is 46.1 Å². The van der Waals surface area contributed by atoms with Crippen LogP contribution >= 0.6 is 0 Å². The Morgan fingerprint density at radius 1 is 1.03 bits per heavy atom. The summed E-state index contributed by atoms with van der Waals surface area (Å²) < 4.78 is 65.3. The van der Waals surface area contributed by atoms with E-state index < -0.39 is 24.3 Å². The van der Waals surface area contributed by atoms with E-state index in [2.05, 4.69) is 28.1 Å². The minimum absolute atomic E-state index is 1.00. The zero-order valence-corrected chi connectivity index (χ0v) is 17.1. The van der Waals surface area contributed by atoms with Crippen LogP contribution in [0.15, 0.2) is 12.4 Å². The molecule has 1 aliphatic heterocycles. The van der Waals surface area contributed by atoms with Gasteiger partial charge in [-0.1, -0.05) is 6.42 Å². The third-order valence-corrected chi connectivity index (χ3v) is 3.94. The van der Waals surface area contributed by atoms with Crippen molar-refractivity contribution in [3.8, 4) is 0 Å². The predicted octanol–water partition coefficient (Wildman–Crippen LogP) is 2.60. The maximum Gasteiger partial charge on any atom is 0.490 e. The van der Waals surface area contributed by atoms with Gasteiger partial charge in [-0.2, -0.15) is 31.4 Å². The van der Waals surface area contributed by atoms with E-state index >= 15 is 0 Å². The van der Waals surface area contributed by atoms with Gasteiger partial charge < -0.3 is 20.0 Å². The summed E-state index contributed by atoms with van der Waals surface area (Å²) in [5, 5.41) is 18.4. The number of carbonyl (C=O) groups is 2. The predicted molar refractivity (Wildman–Crippen MR) is 97.2 cm³/mol. The fraction of sp³-hybridized carbons (Fsp3) is 0.706. The molecule has 0 radical (unpaired) electrons. The van der Waals surface area contributed by atoms with Crippen LogP contribution in [0.5, 0.6) is 0 Å². The first kappa shape index (κ1) is 28.6. The molecule has 2 heterocycles. The smallest absolute Gasteiger partial charge is 0.475 e. The molecule has 0 unspecified atom stereocenters. The van der Waals surface area contributed by atoms with E-state index in [0.717, 1.165) is 13.1 Å².